The van der Waals surface area contributed by atoms with Crippen LogP contribution in [0.15, 0.2) is 24.3 Å². The number of anilines is 1. The van der Waals surface area contributed by atoms with Gasteiger partial charge >= 0.3 is 0 Å². The zero-order valence-corrected chi connectivity index (χ0v) is 11.3. The predicted octanol–water partition coefficient (Wildman–Crippen LogP) is 3.03. The van der Waals surface area contributed by atoms with E-state index in [0.29, 0.717) is 11.3 Å². The highest BCUT2D eigenvalue weighted by Gasteiger charge is 2.34. The van der Waals surface area contributed by atoms with Crippen molar-refractivity contribution in [2.45, 2.75) is 26.7 Å². The van der Waals surface area contributed by atoms with Gasteiger partial charge in [0.05, 0.1) is 0 Å². The summed E-state index contributed by atoms with van der Waals surface area (Å²) in [7, 11) is 0. The van der Waals surface area contributed by atoms with Gasteiger partial charge < -0.3 is 10.6 Å². The molecule has 0 radical (unpaired) electrons. The number of benzene rings is 1. The second-order valence-electron chi connectivity index (χ2n) is 5.94. The molecule has 2 rings (SSSR count). The molecular formula is C15H23FN2. The lowest BCUT2D eigenvalue weighted by molar-refractivity contribution is 0.163. The van der Waals surface area contributed by atoms with Gasteiger partial charge in [-0.05, 0) is 55.0 Å². The quantitative estimate of drug-likeness (QED) is 0.893. The summed E-state index contributed by atoms with van der Waals surface area (Å²) in [6, 6.07) is 6.81. The fourth-order valence-corrected chi connectivity index (χ4v) is 2.80. The van der Waals surface area contributed by atoms with Crippen LogP contribution in [-0.4, -0.2) is 19.6 Å². The van der Waals surface area contributed by atoms with Crippen LogP contribution in [-0.2, 0) is 0 Å². The van der Waals surface area contributed by atoms with E-state index in [0.717, 1.165) is 38.2 Å². The normalized spacial score (nSPS) is 23.1. The standard InChI is InChI=1S/C15H23FN2/c1-15(2)8-10-18(11-12(15)7-9-17)14-5-3-13(16)4-6-14/h3-6,12H,7-11,17H2,1-2H3. The Bertz CT molecular complexity index is 386. The third-order valence-electron chi connectivity index (χ3n) is 4.28. The maximum absolute atomic E-state index is 12.9. The first-order chi connectivity index (χ1) is 8.53. The molecule has 0 aliphatic carbocycles. The Morgan fingerprint density at radius 1 is 1.33 bits per heavy atom. The Balaban J connectivity index is 2.10. The molecular weight excluding hydrogens is 227 g/mol. The van der Waals surface area contributed by atoms with Crippen LogP contribution < -0.4 is 10.6 Å². The molecule has 0 bridgehead atoms. The topological polar surface area (TPSA) is 29.3 Å². The Morgan fingerprint density at radius 2 is 2.00 bits per heavy atom. The average Bonchev–Trinajstić information content (AvgIpc) is 2.33. The predicted molar refractivity (Wildman–Crippen MR) is 74.2 cm³/mol. The second kappa shape index (κ2) is 5.27. The molecule has 1 aromatic rings. The SMILES string of the molecule is CC1(C)CCN(c2ccc(F)cc2)CC1CCN. The number of hydrogen-bond donors (Lipinski definition) is 1. The van der Waals surface area contributed by atoms with Crippen molar-refractivity contribution in [3.63, 3.8) is 0 Å². The summed E-state index contributed by atoms with van der Waals surface area (Å²) < 4.78 is 12.9. The molecule has 1 aromatic carbocycles. The lowest BCUT2D eigenvalue weighted by atomic mass is 9.72. The van der Waals surface area contributed by atoms with Crippen LogP contribution in [0.2, 0.25) is 0 Å². The summed E-state index contributed by atoms with van der Waals surface area (Å²) in [6.07, 6.45) is 2.22. The lowest BCUT2D eigenvalue weighted by Gasteiger charge is -2.45. The molecule has 2 N–H and O–H groups in total. The molecule has 1 unspecified atom stereocenters. The van der Waals surface area contributed by atoms with Crippen LogP contribution in [0.25, 0.3) is 0 Å². The minimum Gasteiger partial charge on any atom is -0.371 e. The summed E-state index contributed by atoms with van der Waals surface area (Å²) in [5.41, 5.74) is 7.19. The fourth-order valence-electron chi connectivity index (χ4n) is 2.80. The number of rotatable bonds is 3. The Labute approximate surface area is 109 Å². The molecule has 1 heterocycles. The first-order valence-electron chi connectivity index (χ1n) is 6.73. The number of piperidine rings is 1. The van der Waals surface area contributed by atoms with E-state index in [1.54, 1.807) is 0 Å². The maximum Gasteiger partial charge on any atom is 0.123 e. The number of nitrogens with two attached hydrogens (primary N) is 1. The van der Waals surface area contributed by atoms with Crippen molar-refractivity contribution in [3.05, 3.63) is 30.1 Å². The molecule has 0 saturated carbocycles. The second-order valence-corrected chi connectivity index (χ2v) is 5.94. The van der Waals surface area contributed by atoms with Gasteiger partial charge in [-0.1, -0.05) is 13.8 Å². The maximum atomic E-state index is 12.9. The zero-order valence-electron chi connectivity index (χ0n) is 11.3. The first-order valence-corrected chi connectivity index (χ1v) is 6.73. The molecule has 18 heavy (non-hydrogen) atoms. The van der Waals surface area contributed by atoms with Crippen LogP contribution in [0.1, 0.15) is 26.7 Å². The highest BCUT2D eigenvalue weighted by molar-refractivity contribution is 5.46. The van der Waals surface area contributed by atoms with Crippen molar-refractivity contribution in [3.8, 4) is 0 Å². The number of nitrogens with zero attached hydrogens (tertiary/aromatic N) is 1. The van der Waals surface area contributed by atoms with E-state index >= 15 is 0 Å². The van der Waals surface area contributed by atoms with E-state index in [4.69, 9.17) is 5.73 Å². The third kappa shape index (κ3) is 2.83. The Kier molecular flexibility index (Phi) is 3.91. The molecule has 0 aromatic heterocycles. The largest absolute Gasteiger partial charge is 0.371 e. The van der Waals surface area contributed by atoms with Gasteiger partial charge in [0.1, 0.15) is 5.82 Å². The zero-order chi connectivity index (χ0) is 13.2. The molecule has 1 fully saturated rings. The summed E-state index contributed by atoms with van der Waals surface area (Å²) in [4.78, 5) is 2.35. The van der Waals surface area contributed by atoms with Crippen molar-refractivity contribution >= 4 is 5.69 Å². The van der Waals surface area contributed by atoms with Crippen molar-refractivity contribution in [2.24, 2.45) is 17.1 Å². The van der Waals surface area contributed by atoms with Crippen LogP contribution in [0.5, 0.6) is 0 Å². The number of hydrogen-bond acceptors (Lipinski definition) is 2. The monoisotopic (exact) mass is 250 g/mol. The van der Waals surface area contributed by atoms with Crippen LogP contribution in [0, 0.1) is 17.2 Å². The molecule has 3 heteroatoms. The van der Waals surface area contributed by atoms with Crippen molar-refractivity contribution < 1.29 is 4.39 Å². The van der Waals surface area contributed by atoms with Gasteiger partial charge in [-0.25, -0.2) is 4.39 Å². The Morgan fingerprint density at radius 3 is 2.61 bits per heavy atom. The molecule has 1 saturated heterocycles. The van der Waals surface area contributed by atoms with E-state index in [1.165, 1.54) is 12.1 Å². The van der Waals surface area contributed by atoms with Gasteiger partial charge in [-0.3, -0.25) is 0 Å². The van der Waals surface area contributed by atoms with Crippen LogP contribution in [0.4, 0.5) is 10.1 Å². The van der Waals surface area contributed by atoms with Gasteiger partial charge in [0.25, 0.3) is 0 Å². The average molecular weight is 250 g/mol. The van der Waals surface area contributed by atoms with Crippen molar-refractivity contribution in [1.29, 1.82) is 0 Å². The lowest BCUT2D eigenvalue weighted by Crippen LogP contribution is -2.45. The van der Waals surface area contributed by atoms with E-state index in [9.17, 15) is 4.39 Å². The van der Waals surface area contributed by atoms with Gasteiger partial charge in [-0.15, -0.1) is 0 Å². The van der Waals surface area contributed by atoms with E-state index in [-0.39, 0.29) is 5.82 Å². The summed E-state index contributed by atoms with van der Waals surface area (Å²) >= 11 is 0. The summed E-state index contributed by atoms with van der Waals surface area (Å²) in [5, 5.41) is 0. The van der Waals surface area contributed by atoms with E-state index < -0.39 is 0 Å². The molecule has 1 aliphatic rings. The molecule has 1 atom stereocenters. The minimum absolute atomic E-state index is 0.172. The molecule has 2 nitrogen and oxygen atoms in total. The third-order valence-corrected chi connectivity index (χ3v) is 4.28. The summed E-state index contributed by atoms with van der Waals surface area (Å²) in [6.45, 7) is 7.46. The highest BCUT2D eigenvalue weighted by atomic mass is 19.1. The molecule has 1 aliphatic heterocycles. The Hall–Kier alpha value is -1.09. The number of halogens is 1. The van der Waals surface area contributed by atoms with E-state index in [2.05, 4.69) is 18.7 Å². The van der Waals surface area contributed by atoms with Gasteiger partial charge in [-0.2, -0.15) is 0 Å². The van der Waals surface area contributed by atoms with Gasteiger partial charge in [0, 0.05) is 18.8 Å². The van der Waals surface area contributed by atoms with E-state index in [1.807, 2.05) is 12.1 Å². The van der Waals surface area contributed by atoms with Crippen molar-refractivity contribution in [1.82, 2.24) is 0 Å². The van der Waals surface area contributed by atoms with Gasteiger partial charge in [0.2, 0.25) is 0 Å². The molecule has 100 valence electrons. The minimum atomic E-state index is -0.172. The molecule has 0 amide bonds. The fraction of sp³-hybridized carbons (Fsp3) is 0.600. The summed E-state index contributed by atoms with van der Waals surface area (Å²) in [5.74, 6) is 0.441. The molecule has 0 spiro atoms. The van der Waals surface area contributed by atoms with Crippen LogP contribution in [0.3, 0.4) is 0 Å². The first kappa shape index (κ1) is 13.3. The van der Waals surface area contributed by atoms with Crippen molar-refractivity contribution in [2.75, 3.05) is 24.5 Å². The highest BCUT2D eigenvalue weighted by Crippen LogP contribution is 2.38. The van der Waals surface area contributed by atoms with Crippen LogP contribution >= 0.6 is 0 Å². The smallest absolute Gasteiger partial charge is 0.123 e. The van der Waals surface area contributed by atoms with Gasteiger partial charge in [0.15, 0.2) is 0 Å².